The fourth-order valence-corrected chi connectivity index (χ4v) is 3.42. The van der Waals surface area contributed by atoms with E-state index in [2.05, 4.69) is 0 Å². The maximum absolute atomic E-state index is 13.9. The number of nitrogens with zero attached hydrogens (tertiary/aromatic N) is 1. The van der Waals surface area contributed by atoms with Crippen LogP contribution in [0.2, 0.25) is 0 Å². The highest BCUT2D eigenvalue weighted by atomic mass is 32.2. The number of anilines is 1. The first-order chi connectivity index (χ1) is 9.84. The Morgan fingerprint density at radius 3 is 2.33 bits per heavy atom. The zero-order valence-electron chi connectivity index (χ0n) is 11.8. The molecule has 0 fully saturated rings. The van der Waals surface area contributed by atoms with Gasteiger partial charge in [-0.05, 0) is 30.7 Å². The largest absolute Gasteiger partial charge is 0.399 e. The summed E-state index contributed by atoms with van der Waals surface area (Å²) in [6, 6.07) is 12.3. The Labute approximate surface area is 124 Å². The zero-order valence-corrected chi connectivity index (χ0v) is 12.6. The van der Waals surface area contributed by atoms with Gasteiger partial charge in [0.2, 0.25) is 10.0 Å². The molecule has 2 aromatic carbocycles. The summed E-state index contributed by atoms with van der Waals surface area (Å²) in [5.41, 5.74) is 6.47. The first kappa shape index (κ1) is 15.5. The third-order valence-electron chi connectivity index (χ3n) is 3.44. The Kier molecular flexibility index (Phi) is 4.29. The lowest BCUT2D eigenvalue weighted by Crippen LogP contribution is -2.30. The van der Waals surface area contributed by atoms with Crippen molar-refractivity contribution in [1.29, 1.82) is 0 Å². The molecule has 0 heterocycles. The van der Waals surface area contributed by atoms with Crippen LogP contribution in [-0.2, 0) is 10.0 Å². The first-order valence-electron chi connectivity index (χ1n) is 6.42. The van der Waals surface area contributed by atoms with Crippen LogP contribution in [0.1, 0.15) is 18.5 Å². The lowest BCUT2D eigenvalue weighted by atomic mass is 10.1. The lowest BCUT2D eigenvalue weighted by molar-refractivity contribution is 0.395. The minimum Gasteiger partial charge on any atom is -0.399 e. The SMILES string of the molecule is CC(c1ccccc1)N(C)S(=O)(=O)c1ccc(N)cc1F. The summed E-state index contributed by atoms with van der Waals surface area (Å²) in [5.74, 6) is -0.845. The van der Waals surface area contributed by atoms with Crippen LogP contribution in [0, 0.1) is 5.82 Å². The molecule has 0 amide bonds. The van der Waals surface area contributed by atoms with Crippen molar-refractivity contribution in [2.75, 3.05) is 12.8 Å². The monoisotopic (exact) mass is 308 g/mol. The molecule has 1 unspecified atom stereocenters. The van der Waals surface area contributed by atoms with Gasteiger partial charge in [0, 0.05) is 18.8 Å². The number of sulfonamides is 1. The molecule has 112 valence electrons. The number of hydrogen-bond acceptors (Lipinski definition) is 3. The van der Waals surface area contributed by atoms with E-state index < -0.39 is 21.9 Å². The molecule has 6 heteroatoms. The number of hydrogen-bond donors (Lipinski definition) is 1. The normalized spacial score (nSPS) is 13.3. The van der Waals surface area contributed by atoms with Gasteiger partial charge in [-0.25, -0.2) is 12.8 Å². The summed E-state index contributed by atoms with van der Waals surface area (Å²) >= 11 is 0. The summed E-state index contributed by atoms with van der Waals surface area (Å²) < 4.78 is 40.1. The number of nitrogens with two attached hydrogens (primary N) is 1. The summed E-state index contributed by atoms with van der Waals surface area (Å²) in [4.78, 5) is -0.373. The van der Waals surface area contributed by atoms with Crippen molar-refractivity contribution in [3.63, 3.8) is 0 Å². The van der Waals surface area contributed by atoms with Crippen molar-refractivity contribution < 1.29 is 12.8 Å². The predicted octanol–water partition coefficient (Wildman–Crippen LogP) is 2.79. The lowest BCUT2D eigenvalue weighted by Gasteiger charge is -2.25. The highest BCUT2D eigenvalue weighted by molar-refractivity contribution is 7.89. The Morgan fingerprint density at radius 2 is 1.76 bits per heavy atom. The van der Waals surface area contributed by atoms with E-state index in [1.165, 1.54) is 19.2 Å². The van der Waals surface area contributed by atoms with Gasteiger partial charge in [0.1, 0.15) is 10.7 Å². The van der Waals surface area contributed by atoms with Gasteiger partial charge in [-0.15, -0.1) is 0 Å². The van der Waals surface area contributed by atoms with Crippen LogP contribution in [0.4, 0.5) is 10.1 Å². The minimum atomic E-state index is -3.93. The van der Waals surface area contributed by atoms with E-state index in [1.54, 1.807) is 6.92 Å². The molecule has 0 aliphatic heterocycles. The molecule has 0 aliphatic rings. The third-order valence-corrected chi connectivity index (χ3v) is 5.40. The molecule has 2 aromatic rings. The molecule has 0 aliphatic carbocycles. The highest BCUT2D eigenvalue weighted by Gasteiger charge is 2.28. The molecule has 1 atom stereocenters. The van der Waals surface area contributed by atoms with Gasteiger partial charge in [-0.3, -0.25) is 0 Å². The van der Waals surface area contributed by atoms with E-state index in [4.69, 9.17) is 5.73 Å². The van der Waals surface area contributed by atoms with Crippen LogP contribution < -0.4 is 5.73 Å². The Hall–Kier alpha value is -1.92. The standard InChI is InChI=1S/C15H17FN2O2S/c1-11(12-6-4-3-5-7-12)18(2)21(19,20)15-9-8-13(17)10-14(15)16/h3-11H,17H2,1-2H3. The molecule has 0 bridgehead atoms. The average Bonchev–Trinajstić information content (AvgIpc) is 2.46. The molecule has 21 heavy (non-hydrogen) atoms. The van der Waals surface area contributed by atoms with Gasteiger partial charge in [0.15, 0.2) is 0 Å². The molecule has 0 aromatic heterocycles. The summed E-state index contributed by atoms with van der Waals surface area (Å²) in [6.07, 6.45) is 0. The Morgan fingerprint density at radius 1 is 1.14 bits per heavy atom. The maximum atomic E-state index is 13.9. The van der Waals surface area contributed by atoms with Gasteiger partial charge in [-0.2, -0.15) is 4.31 Å². The Balaban J connectivity index is 2.39. The fraction of sp³-hybridized carbons (Fsp3) is 0.200. The second-order valence-electron chi connectivity index (χ2n) is 4.80. The minimum absolute atomic E-state index is 0.185. The van der Waals surface area contributed by atoms with Crippen LogP contribution in [0.15, 0.2) is 53.4 Å². The molecular formula is C15H17FN2O2S. The van der Waals surface area contributed by atoms with Crippen molar-refractivity contribution >= 4 is 15.7 Å². The second kappa shape index (κ2) is 5.83. The zero-order chi connectivity index (χ0) is 15.6. The van der Waals surface area contributed by atoms with E-state index in [1.807, 2.05) is 30.3 Å². The smallest absolute Gasteiger partial charge is 0.246 e. The van der Waals surface area contributed by atoms with Gasteiger partial charge < -0.3 is 5.73 Å². The van der Waals surface area contributed by atoms with Crippen molar-refractivity contribution in [3.05, 3.63) is 59.9 Å². The molecule has 0 saturated carbocycles. The van der Waals surface area contributed by atoms with E-state index in [0.29, 0.717) is 0 Å². The van der Waals surface area contributed by atoms with Crippen LogP contribution in [0.25, 0.3) is 0 Å². The van der Waals surface area contributed by atoms with Crippen molar-refractivity contribution in [2.24, 2.45) is 0 Å². The molecule has 2 N–H and O–H groups in total. The molecule has 0 saturated heterocycles. The number of benzene rings is 2. The van der Waals surface area contributed by atoms with E-state index >= 15 is 0 Å². The maximum Gasteiger partial charge on any atom is 0.246 e. The van der Waals surface area contributed by atoms with Crippen LogP contribution >= 0.6 is 0 Å². The second-order valence-corrected chi connectivity index (χ2v) is 6.76. The van der Waals surface area contributed by atoms with E-state index in [9.17, 15) is 12.8 Å². The highest BCUT2D eigenvalue weighted by Crippen LogP contribution is 2.27. The number of nitrogen functional groups attached to an aromatic ring is 1. The van der Waals surface area contributed by atoms with Gasteiger partial charge >= 0.3 is 0 Å². The Bertz CT molecular complexity index is 733. The van der Waals surface area contributed by atoms with Crippen molar-refractivity contribution in [1.82, 2.24) is 4.31 Å². The predicted molar refractivity (Wildman–Crippen MR) is 80.6 cm³/mol. The third kappa shape index (κ3) is 3.06. The van der Waals surface area contributed by atoms with Gasteiger partial charge in [0.25, 0.3) is 0 Å². The van der Waals surface area contributed by atoms with Gasteiger partial charge in [-0.1, -0.05) is 30.3 Å². The van der Waals surface area contributed by atoms with Crippen LogP contribution in [0.3, 0.4) is 0 Å². The number of halogens is 1. The first-order valence-corrected chi connectivity index (χ1v) is 7.86. The molecule has 2 rings (SSSR count). The molecule has 4 nitrogen and oxygen atoms in total. The number of rotatable bonds is 4. The summed E-state index contributed by atoms with van der Waals surface area (Å²) in [7, 11) is -2.50. The van der Waals surface area contributed by atoms with Crippen LogP contribution in [-0.4, -0.2) is 19.8 Å². The fourth-order valence-electron chi connectivity index (χ4n) is 2.03. The topological polar surface area (TPSA) is 63.4 Å². The molecule has 0 spiro atoms. The molecule has 0 radical (unpaired) electrons. The summed E-state index contributed by atoms with van der Waals surface area (Å²) in [6.45, 7) is 1.75. The molecular weight excluding hydrogens is 291 g/mol. The van der Waals surface area contributed by atoms with Crippen LogP contribution in [0.5, 0.6) is 0 Å². The quantitative estimate of drug-likeness (QED) is 0.883. The van der Waals surface area contributed by atoms with Crippen molar-refractivity contribution in [3.8, 4) is 0 Å². The van der Waals surface area contributed by atoms with E-state index in [0.717, 1.165) is 15.9 Å². The van der Waals surface area contributed by atoms with Crippen molar-refractivity contribution in [2.45, 2.75) is 17.9 Å². The average molecular weight is 308 g/mol. The van der Waals surface area contributed by atoms with Gasteiger partial charge in [0.05, 0.1) is 0 Å². The summed E-state index contributed by atoms with van der Waals surface area (Å²) in [5, 5.41) is 0. The van der Waals surface area contributed by atoms with E-state index in [-0.39, 0.29) is 10.6 Å².